The summed E-state index contributed by atoms with van der Waals surface area (Å²) < 4.78 is 5.20. The lowest BCUT2D eigenvalue weighted by atomic mass is 9.49. The molecule has 1 N–H and O–H groups in total. The predicted octanol–water partition coefficient (Wildman–Crippen LogP) is 2.74. The molecule has 19 heavy (non-hydrogen) atoms. The number of amides is 1. The smallest absolute Gasteiger partial charge is 0.226 e. The van der Waals surface area contributed by atoms with E-state index in [1.807, 2.05) is 0 Å². The van der Waals surface area contributed by atoms with E-state index in [2.05, 4.69) is 12.2 Å². The van der Waals surface area contributed by atoms with E-state index in [-0.39, 0.29) is 11.5 Å². The Labute approximate surface area is 116 Å². The Bertz CT molecular complexity index is 317. The van der Waals surface area contributed by atoms with Crippen LogP contribution in [0.15, 0.2) is 0 Å². The van der Waals surface area contributed by atoms with Gasteiger partial charge in [0.1, 0.15) is 0 Å². The highest BCUT2D eigenvalue weighted by Crippen LogP contribution is 2.60. The summed E-state index contributed by atoms with van der Waals surface area (Å²) >= 11 is 0. The molecule has 0 aliphatic heterocycles. The Morgan fingerprint density at radius 3 is 2.16 bits per heavy atom. The van der Waals surface area contributed by atoms with E-state index >= 15 is 0 Å². The molecule has 4 aliphatic rings. The van der Waals surface area contributed by atoms with Crippen LogP contribution in [-0.2, 0) is 9.53 Å². The third-order valence-corrected chi connectivity index (χ3v) is 5.72. The predicted molar refractivity (Wildman–Crippen MR) is 74.7 cm³/mol. The average Bonchev–Trinajstić information content (AvgIpc) is 2.36. The molecule has 3 nitrogen and oxygen atoms in total. The summed E-state index contributed by atoms with van der Waals surface area (Å²) in [7, 11) is 1.71. The van der Waals surface area contributed by atoms with Crippen molar-refractivity contribution in [3.05, 3.63) is 0 Å². The van der Waals surface area contributed by atoms with Crippen LogP contribution in [0.3, 0.4) is 0 Å². The first-order valence-electron chi connectivity index (χ1n) is 7.95. The van der Waals surface area contributed by atoms with Crippen molar-refractivity contribution < 1.29 is 9.53 Å². The number of carbonyl (C=O) groups excluding carboxylic acids is 1. The van der Waals surface area contributed by atoms with Crippen molar-refractivity contribution in [2.75, 3.05) is 13.7 Å². The van der Waals surface area contributed by atoms with Crippen LogP contribution in [0.2, 0.25) is 0 Å². The molecule has 4 fully saturated rings. The third kappa shape index (κ3) is 2.42. The Morgan fingerprint density at radius 2 is 1.74 bits per heavy atom. The molecule has 0 spiro atoms. The van der Waals surface area contributed by atoms with Gasteiger partial charge >= 0.3 is 0 Å². The van der Waals surface area contributed by atoms with Gasteiger partial charge in [0.25, 0.3) is 0 Å². The maximum Gasteiger partial charge on any atom is 0.226 e. The van der Waals surface area contributed by atoms with Gasteiger partial charge in [-0.15, -0.1) is 0 Å². The summed E-state index contributed by atoms with van der Waals surface area (Å²) in [6.45, 7) is 2.75. The molecule has 4 saturated carbocycles. The Hall–Kier alpha value is -0.570. The molecular weight excluding hydrogens is 238 g/mol. The van der Waals surface area contributed by atoms with Crippen molar-refractivity contribution in [3.63, 3.8) is 0 Å². The fourth-order valence-electron chi connectivity index (χ4n) is 5.19. The van der Waals surface area contributed by atoms with Crippen molar-refractivity contribution in [2.24, 2.45) is 23.2 Å². The van der Waals surface area contributed by atoms with Gasteiger partial charge in [-0.3, -0.25) is 4.79 Å². The molecule has 0 heterocycles. The van der Waals surface area contributed by atoms with Gasteiger partial charge in [0.15, 0.2) is 0 Å². The van der Waals surface area contributed by atoms with Gasteiger partial charge in [-0.25, -0.2) is 0 Å². The van der Waals surface area contributed by atoms with E-state index in [4.69, 9.17) is 4.74 Å². The molecule has 4 rings (SSSR count). The van der Waals surface area contributed by atoms with Crippen LogP contribution in [0.25, 0.3) is 0 Å². The maximum atomic E-state index is 12.8. The first kappa shape index (κ1) is 13.4. The fourth-order valence-corrected chi connectivity index (χ4v) is 5.19. The number of nitrogens with one attached hydrogen (secondary N) is 1. The van der Waals surface area contributed by atoms with Gasteiger partial charge in [0.2, 0.25) is 5.91 Å². The number of ether oxygens (including phenoxy) is 1. The number of methoxy groups -OCH3 is 1. The van der Waals surface area contributed by atoms with E-state index < -0.39 is 0 Å². The van der Waals surface area contributed by atoms with Gasteiger partial charge < -0.3 is 10.1 Å². The highest BCUT2D eigenvalue weighted by Gasteiger charge is 2.54. The number of hydrogen-bond acceptors (Lipinski definition) is 2. The van der Waals surface area contributed by atoms with E-state index in [9.17, 15) is 4.79 Å². The van der Waals surface area contributed by atoms with Crippen molar-refractivity contribution >= 4 is 5.91 Å². The van der Waals surface area contributed by atoms with Crippen LogP contribution >= 0.6 is 0 Å². The van der Waals surface area contributed by atoms with Crippen molar-refractivity contribution in [3.8, 4) is 0 Å². The van der Waals surface area contributed by atoms with E-state index in [0.717, 1.165) is 43.4 Å². The van der Waals surface area contributed by atoms with Crippen LogP contribution in [0, 0.1) is 23.2 Å². The van der Waals surface area contributed by atoms with Crippen molar-refractivity contribution in [1.82, 2.24) is 5.32 Å². The molecule has 108 valence electrons. The summed E-state index contributed by atoms with van der Waals surface area (Å²) in [4.78, 5) is 12.8. The number of hydrogen-bond donors (Lipinski definition) is 1. The maximum absolute atomic E-state index is 12.8. The molecule has 4 bridgehead atoms. The minimum absolute atomic E-state index is 0.0179. The third-order valence-electron chi connectivity index (χ3n) is 5.72. The van der Waals surface area contributed by atoms with Gasteiger partial charge in [-0.1, -0.05) is 6.92 Å². The minimum Gasteiger partial charge on any atom is -0.383 e. The molecule has 4 aliphatic carbocycles. The fraction of sp³-hybridized carbons (Fsp3) is 0.938. The number of rotatable bonds is 5. The molecule has 0 aromatic heterocycles. The molecule has 0 aromatic carbocycles. The Kier molecular flexibility index (Phi) is 3.59. The zero-order chi connectivity index (χ0) is 13.5. The second kappa shape index (κ2) is 5.08. The summed E-state index contributed by atoms with van der Waals surface area (Å²) in [5.74, 6) is 2.83. The first-order chi connectivity index (χ1) is 9.15. The molecule has 0 unspecified atom stereocenters. The Balaban J connectivity index is 1.69. The standard InChI is InChI=1S/C16H27NO2/c1-3-14(10-19-2)17-15(18)16-7-11-4-12(8-16)6-13(5-11)9-16/h11-14H,3-10H2,1-2H3,(H,17,18)/t11?,12?,13?,14-,16?/m1/s1. The molecule has 3 heteroatoms. The van der Waals surface area contributed by atoms with Crippen LogP contribution in [0.5, 0.6) is 0 Å². The lowest BCUT2D eigenvalue weighted by Crippen LogP contribution is -2.55. The normalized spacial score (nSPS) is 41.3. The van der Waals surface area contributed by atoms with Crippen molar-refractivity contribution in [1.29, 1.82) is 0 Å². The molecule has 0 radical (unpaired) electrons. The van der Waals surface area contributed by atoms with Crippen LogP contribution in [0.4, 0.5) is 0 Å². The minimum atomic E-state index is -0.0179. The quantitative estimate of drug-likeness (QED) is 0.830. The lowest BCUT2D eigenvalue weighted by Gasteiger charge is -2.55. The molecular formula is C16H27NO2. The Morgan fingerprint density at radius 1 is 1.21 bits per heavy atom. The molecule has 0 saturated heterocycles. The molecule has 0 aromatic rings. The van der Waals surface area contributed by atoms with E-state index in [1.165, 1.54) is 19.3 Å². The summed E-state index contributed by atoms with van der Waals surface area (Å²) in [6.07, 6.45) is 8.56. The second-order valence-electron chi connectivity index (χ2n) is 7.23. The largest absolute Gasteiger partial charge is 0.383 e. The van der Waals surface area contributed by atoms with Gasteiger partial charge in [0, 0.05) is 12.5 Å². The average molecular weight is 265 g/mol. The van der Waals surface area contributed by atoms with Crippen LogP contribution in [0.1, 0.15) is 51.9 Å². The van der Waals surface area contributed by atoms with E-state index in [0.29, 0.717) is 12.5 Å². The molecule has 1 atom stereocenters. The summed E-state index contributed by atoms with van der Waals surface area (Å²) in [6, 6.07) is 0.186. The zero-order valence-electron chi connectivity index (χ0n) is 12.3. The zero-order valence-corrected chi connectivity index (χ0v) is 12.3. The number of carbonyl (C=O) groups is 1. The lowest BCUT2D eigenvalue weighted by molar-refractivity contribution is -0.147. The van der Waals surface area contributed by atoms with E-state index in [1.54, 1.807) is 7.11 Å². The second-order valence-corrected chi connectivity index (χ2v) is 7.23. The topological polar surface area (TPSA) is 38.3 Å². The van der Waals surface area contributed by atoms with Crippen LogP contribution < -0.4 is 5.32 Å². The van der Waals surface area contributed by atoms with Gasteiger partial charge in [-0.2, -0.15) is 0 Å². The van der Waals surface area contributed by atoms with Crippen molar-refractivity contribution in [2.45, 2.75) is 57.9 Å². The van der Waals surface area contributed by atoms with Gasteiger partial charge in [0.05, 0.1) is 12.6 Å². The van der Waals surface area contributed by atoms with Gasteiger partial charge in [-0.05, 0) is 62.7 Å². The summed E-state index contributed by atoms with van der Waals surface area (Å²) in [5.41, 5.74) is -0.0179. The highest BCUT2D eigenvalue weighted by atomic mass is 16.5. The monoisotopic (exact) mass is 265 g/mol. The molecule has 1 amide bonds. The summed E-state index contributed by atoms with van der Waals surface area (Å²) in [5, 5.41) is 3.26. The van der Waals surface area contributed by atoms with Crippen LogP contribution in [-0.4, -0.2) is 25.7 Å². The highest BCUT2D eigenvalue weighted by molar-refractivity contribution is 5.83. The first-order valence-corrected chi connectivity index (χ1v) is 7.95. The SMILES string of the molecule is CC[C@H](COC)NC(=O)C12CC3CC(CC(C3)C1)C2.